The van der Waals surface area contributed by atoms with E-state index in [0.29, 0.717) is 9.79 Å². The third-order valence-electron chi connectivity index (χ3n) is 4.33. The molecule has 5 heteroatoms. The Hall–Kier alpha value is -2.53. The molecule has 0 radical (unpaired) electrons. The first kappa shape index (κ1) is 14.1. The molecule has 0 bridgehead atoms. The molecule has 23 heavy (non-hydrogen) atoms. The van der Waals surface area contributed by atoms with Crippen LogP contribution in [0.5, 0.6) is 0 Å². The van der Waals surface area contributed by atoms with Gasteiger partial charge >= 0.3 is 0 Å². The molecule has 0 N–H and O–H groups in total. The first-order valence-corrected chi connectivity index (χ1v) is 8.80. The lowest BCUT2D eigenvalue weighted by Crippen LogP contribution is -2.02. The molecule has 4 nitrogen and oxygen atoms in total. The van der Waals surface area contributed by atoms with Gasteiger partial charge in [0.15, 0.2) is 0 Å². The molecular weight excluding hydrogens is 308 g/mol. The van der Waals surface area contributed by atoms with Crippen molar-refractivity contribution in [2.75, 3.05) is 0 Å². The van der Waals surface area contributed by atoms with Crippen molar-refractivity contribution in [2.45, 2.75) is 9.79 Å². The van der Waals surface area contributed by atoms with Gasteiger partial charge in [-0.05, 0) is 48.5 Å². The number of aromatic nitrogens is 2. The summed E-state index contributed by atoms with van der Waals surface area (Å²) in [5.41, 5.74) is 2.03. The lowest BCUT2D eigenvalue weighted by atomic mass is 10.2. The molecule has 0 atom stereocenters. The van der Waals surface area contributed by atoms with Crippen molar-refractivity contribution in [1.29, 1.82) is 0 Å². The summed E-state index contributed by atoms with van der Waals surface area (Å²) in [7, 11) is 0.367. The average molecular weight is 324 g/mol. The molecule has 0 saturated carbocycles. The van der Waals surface area contributed by atoms with E-state index < -0.39 is 9.84 Å². The maximum atomic E-state index is 12.9. The molecule has 4 rings (SSSR count). The topological polar surface area (TPSA) is 44.0 Å². The van der Waals surface area contributed by atoms with E-state index in [1.54, 1.807) is 24.3 Å². The molecule has 2 aromatic heterocycles. The van der Waals surface area contributed by atoms with Crippen LogP contribution in [0.2, 0.25) is 0 Å². The van der Waals surface area contributed by atoms with Gasteiger partial charge < -0.3 is 9.13 Å². The van der Waals surface area contributed by atoms with E-state index in [0.717, 1.165) is 21.8 Å². The number of hydrogen-bond donors (Lipinski definition) is 0. The molecular formula is C18H16N2O2S. The molecule has 4 aromatic rings. The third-order valence-corrected chi connectivity index (χ3v) is 6.08. The second-order valence-electron chi connectivity index (χ2n) is 5.80. The summed E-state index contributed by atoms with van der Waals surface area (Å²) in [6, 6.07) is 14.4. The summed E-state index contributed by atoms with van der Waals surface area (Å²) in [5.74, 6) is 0. The highest BCUT2D eigenvalue weighted by Crippen LogP contribution is 2.27. The fourth-order valence-electron chi connectivity index (χ4n) is 2.99. The van der Waals surface area contributed by atoms with E-state index in [1.807, 2.05) is 59.9 Å². The third kappa shape index (κ3) is 2.08. The minimum absolute atomic E-state index is 0.325. The summed E-state index contributed by atoms with van der Waals surface area (Å²) >= 11 is 0. The van der Waals surface area contributed by atoms with E-state index >= 15 is 0 Å². The Morgan fingerprint density at radius 2 is 1.13 bits per heavy atom. The van der Waals surface area contributed by atoms with E-state index in [4.69, 9.17) is 0 Å². The number of aryl methyl sites for hydroxylation is 2. The number of rotatable bonds is 2. The van der Waals surface area contributed by atoms with Crippen molar-refractivity contribution in [3.05, 3.63) is 60.9 Å². The monoisotopic (exact) mass is 324 g/mol. The van der Waals surface area contributed by atoms with Crippen LogP contribution < -0.4 is 0 Å². The SMILES string of the molecule is Cn1ccc2cc(S(=O)(=O)c3ccc4c(ccn4C)c3)ccc21. The molecule has 0 amide bonds. The van der Waals surface area contributed by atoms with Crippen molar-refractivity contribution in [2.24, 2.45) is 14.1 Å². The van der Waals surface area contributed by atoms with Crippen molar-refractivity contribution in [1.82, 2.24) is 9.13 Å². The van der Waals surface area contributed by atoms with Gasteiger partial charge in [-0.3, -0.25) is 0 Å². The van der Waals surface area contributed by atoms with Gasteiger partial charge in [0.05, 0.1) is 9.79 Å². The average Bonchev–Trinajstić information content (AvgIpc) is 3.10. The van der Waals surface area contributed by atoms with Crippen molar-refractivity contribution >= 4 is 31.6 Å². The molecule has 2 heterocycles. The maximum absolute atomic E-state index is 12.9. The van der Waals surface area contributed by atoms with Gasteiger partial charge in [-0.1, -0.05) is 0 Å². The minimum atomic E-state index is -3.52. The zero-order chi connectivity index (χ0) is 16.2. The summed E-state index contributed by atoms with van der Waals surface area (Å²) < 4.78 is 29.8. The van der Waals surface area contributed by atoms with Gasteiger partial charge in [0.2, 0.25) is 9.84 Å². The number of hydrogen-bond acceptors (Lipinski definition) is 2. The smallest absolute Gasteiger partial charge is 0.206 e. The van der Waals surface area contributed by atoms with Crippen LogP contribution in [-0.2, 0) is 23.9 Å². The molecule has 0 saturated heterocycles. The van der Waals surface area contributed by atoms with Crippen LogP contribution in [0.25, 0.3) is 21.8 Å². The maximum Gasteiger partial charge on any atom is 0.206 e. The van der Waals surface area contributed by atoms with Crippen LogP contribution in [0.4, 0.5) is 0 Å². The number of nitrogens with zero attached hydrogens (tertiary/aromatic N) is 2. The van der Waals surface area contributed by atoms with Gasteiger partial charge in [0.25, 0.3) is 0 Å². The van der Waals surface area contributed by atoms with Gasteiger partial charge in [0, 0.05) is 48.3 Å². The lowest BCUT2D eigenvalue weighted by molar-refractivity contribution is 0.596. The Kier molecular flexibility index (Phi) is 2.90. The Labute approximate surface area is 134 Å². The lowest BCUT2D eigenvalue weighted by Gasteiger charge is -2.06. The molecule has 0 aliphatic rings. The Morgan fingerprint density at radius 3 is 1.57 bits per heavy atom. The first-order valence-electron chi connectivity index (χ1n) is 7.32. The van der Waals surface area contributed by atoms with Crippen LogP contribution in [-0.4, -0.2) is 17.6 Å². The van der Waals surface area contributed by atoms with Crippen LogP contribution >= 0.6 is 0 Å². The van der Waals surface area contributed by atoms with E-state index in [1.165, 1.54) is 0 Å². The molecule has 0 fully saturated rings. The van der Waals surface area contributed by atoms with Crippen LogP contribution in [0, 0.1) is 0 Å². The van der Waals surface area contributed by atoms with Crippen molar-refractivity contribution in [3.63, 3.8) is 0 Å². The largest absolute Gasteiger partial charge is 0.351 e. The second-order valence-corrected chi connectivity index (χ2v) is 7.75. The van der Waals surface area contributed by atoms with Gasteiger partial charge in [-0.2, -0.15) is 0 Å². The summed E-state index contributed by atoms with van der Waals surface area (Å²) in [6.45, 7) is 0. The molecule has 0 unspecified atom stereocenters. The Morgan fingerprint density at radius 1 is 0.696 bits per heavy atom. The quantitative estimate of drug-likeness (QED) is 0.566. The number of sulfone groups is 1. The van der Waals surface area contributed by atoms with Crippen molar-refractivity contribution in [3.8, 4) is 0 Å². The minimum Gasteiger partial charge on any atom is -0.351 e. The van der Waals surface area contributed by atoms with Gasteiger partial charge in [0.1, 0.15) is 0 Å². The Bertz CT molecular complexity index is 1060. The summed E-state index contributed by atoms with van der Waals surface area (Å²) in [6.07, 6.45) is 3.86. The van der Waals surface area contributed by atoms with E-state index in [-0.39, 0.29) is 0 Å². The molecule has 0 aliphatic carbocycles. The molecule has 2 aromatic carbocycles. The standard InChI is InChI=1S/C18H16N2O2S/c1-19-9-7-13-11-15(3-5-17(13)19)23(21,22)16-4-6-18-14(12-16)8-10-20(18)2/h3-12H,1-2H3. The molecule has 0 aliphatic heterocycles. The summed E-state index contributed by atoms with van der Waals surface area (Å²) in [4.78, 5) is 0.651. The predicted octanol–water partition coefficient (Wildman–Crippen LogP) is 3.50. The van der Waals surface area contributed by atoms with E-state index in [9.17, 15) is 8.42 Å². The highest BCUT2D eigenvalue weighted by atomic mass is 32.2. The van der Waals surface area contributed by atoms with Crippen molar-refractivity contribution < 1.29 is 8.42 Å². The second kappa shape index (κ2) is 4.73. The fourth-order valence-corrected chi connectivity index (χ4v) is 4.32. The summed E-state index contributed by atoms with van der Waals surface area (Å²) in [5, 5.41) is 1.85. The number of benzene rings is 2. The number of fused-ring (bicyclic) bond motifs is 2. The fraction of sp³-hybridized carbons (Fsp3) is 0.111. The normalized spacial score (nSPS) is 12.3. The Balaban J connectivity index is 1.89. The van der Waals surface area contributed by atoms with Crippen LogP contribution in [0.15, 0.2) is 70.7 Å². The van der Waals surface area contributed by atoms with Gasteiger partial charge in [-0.15, -0.1) is 0 Å². The zero-order valence-corrected chi connectivity index (χ0v) is 13.7. The van der Waals surface area contributed by atoms with Crippen LogP contribution in [0.1, 0.15) is 0 Å². The molecule has 116 valence electrons. The molecule has 0 spiro atoms. The van der Waals surface area contributed by atoms with Crippen LogP contribution in [0.3, 0.4) is 0 Å². The van der Waals surface area contributed by atoms with E-state index in [2.05, 4.69) is 0 Å². The van der Waals surface area contributed by atoms with Gasteiger partial charge in [-0.25, -0.2) is 8.42 Å². The highest BCUT2D eigenvalue weighted by molar-refractivity contribution is 7.91. The highest BCUT2D eigenvalue weighted by Gasteiger charge is 2.19. The predicted molar refractivity (Wildman–Crippen MR) is 91.3 cm³/mol. The zero-order valence-electron chi connectivity index (χ0n) is 12.9. The first-order chi connectivity index (χ1) is 11.0.